The van der Waals surface area contributed by atoms with Crippen LogP contribution in [0.15, 0.2) is 0 Å². The van der Waals surface area contributed by atoms with E-state index in [4.69, 9.17) is 10.5 Å². The first kappa shape index (κ1) is 20.1. The first-order valence-electron chi connectivity index (χ1n) is 0.200. The van der Waals surface area contributed by atoms with E-state index in [2.05, 4.69) is 0 Å². The summed E-state index contributed by atoms with van der Waals surface area (Å²) in [6, 6.07) is 0. The van der Waals surface area contributed by atoms with E-state index >= 15 is 0 Å². The monoisotopic (exact) mass is 72.0 g/mol. The first-order valence-corrected chi connectivity index (χ1v) is 0.200. The normalized spacial score (nSPS) is 1.50. The van der Waals surface area contributed by atoms with Crippen LogP contribution in [0.5, 0.6) is 0 Å². The molecule has 0 aromatic heterocycles. The molecule has 4 heteroatoms. The minimum absolute atomic E-state index is 0. The molecule has 0 unspecified atom stereocenters. The Morgan fingerprint density at radius 1 is 1.00 bits per heavy atom. The summed E-state index contributed by atoms with van der Waals surface area (Å²) in [6.07, 6.45) is 0. The molecule has 0 amide bonds. The van der Waals surface area contributed by atoms with E-state index in [0.29, 0.717) is 0 Å². The van der Waals surface area contributed by atoms with Gasteiger partial charge in [-0.3, -0.25) is 10.5 Å². The van der Waals surface area contributed by atoms with Crippen molar-refractivity contribution >= 4 is 38.0 Å². The van der Waals surface area contributed by atoms with Crippen LogP contribution in [0.2, 0.25) is 0 Å². The van der Waals surface area contributed by atoms with Gasteiger partial charge in [-0.1, -0.05) is 0 Å². The van der Waals surface area contributed by atoms with Crippen molar-refractivity contribution in [2.45, 2.75) is 0 Å². The van der Waals surface area contributed by atoms with Crippen molar-refractivity contribution in [3.63, 3.8) is 0 Å². The fourth-order valence-corrected chi connectivity index (χ4v) is 0. The summed E-state index contributed by atoms with van der Waals surface area (Å²) in [4.78, 5) is 0. The molecule has 0 bridgehead atoms. The molecule has 0 spiro atoms. The molecule has 0 rings (SSSR count). The van der Waals surface area contributed by atoms with Crippen molar-refractivity contribution in [3.05, 3.63) is 0 Å². The fraction of sp³-hybridized carbons (Fsp3) is 0. The Labute approximate surface area is 48.6 Å². The van der Waals surface area contributed by atoms with Gasteiger partial charge in [0, 0.05) is 0 Å². The van der Waals surface area contributed by atoms with E-state index < -0.39 is 0 Å². The maximum atomic E-state index is 6.00. The van der Waals surface area contributed by atoms with Crippen LogP contribution in [0.1, 0.15) is 0 Å². The topological polar surface area (TPSA) is 40.5 Å². The van der Waals surface area contributed by atoms with Crippen LogP contribution in [0.25, 0.3) is 0 Å². The van der Waals surface area contributed by atoms with Gasteiger partial charge in [-0.05, 0) is 0 Å². The van der Waals surface area contributed by atoms with E-state index in [9.17, 15) is 0 Å². The van der Waals surface area contributed by atoms with Crippen molar-refractivity contribution in [2.24, 2.45) is 0 Å². The van der Waals surface area contributed by atoms with Gasteiger partial charge < -0.3 is 0 Å². The van der Waals surface area contributed by atoms with E-state index in [1.807, 2.05) is 0 Å². The van der Waals surface area contributed by atoms with Crippen molar-refractivity contribution in [1.82, 2.24) is 0 Å². The summed E-state index contributed by atoms with van der Waals surface area (Å²) in [7, 11) is 0. The Hall–Kier alpha value is 0.985. The zero-order valence-corrected chi connectivity index (χ0v) is 0.894. The van der Waals surface area contributed by atoms with Gasteiger partial charge in [-0.25, -0.2) is 0 Å². The molecule has 2 nitrogen and oxygen atoms in total. The fourth-order valence-electron chi connectivity index (χ4n) is 0. The predicted octanol–water partition coefficient (Wildman–Crippen LogP) is -1.81. The molecule has 0 aromatic rings. The Balaban J connectivity index is -0.00000000500. The summed E-state index contributed by atoms with van der Waals surface area (Å²) >= 11 is 0. The van der Waals surface area contributed by atoms with Crippen LogP contribution >= 0.6 is 0 Å². The molecule has 0 heterocycles. The molecular formula is H6BNaO2. The molecule has 2 N–H and O–H groups in total. The molecular weight excluding hydrogens is 65.8 g/mol. The SMILES string of the molecule is B.OO.[NaH]. The van der Waals surface area contributed by atoms with Crippen molar-refractivity contribution < 1.29 is 10.5 Å². The van der Waals surface area contributed by atoms with E-state index in [1.165, 1.54) is 0 Å². The summed E-state index contributed by atoms with van der Waals surface area (Å²) in [6.45, 7) is 0. The summed E-state index contributed by atoms with van der Waals surface area (Å²) in [5.41, 5.74) is 0. The molecule has 0 fully saturated rings. The second-order valence-corrected chi connectivity index (χ2v) is 0. The Kier molecular flexibility index (Phi) is 184. The zero-order valence-electron chi connectivity index (χ0n) is 0.894. The Morgan fingerprint density at radius 2 is 1.00 bits per heavy atom. The van der Waals surface area contributed by atoms with Gasteiger partial charge in [0.05, 0.1) is 8.41 Å². The third-order valence-corrected chi connectivity index (χ3v) is 0. The maximum absolute atomic E-state index is 6.00. The minimum atomic E-state index is 0. The van der Waals surface area contributed by atoms with Gasteiger partial charge in [0.1, 0.15) is 0 Å². The predicted molar refractivity (Wildman–Crippen MR) is 22.3 cm³/mol. The van der Waals surface area contributed by atoms with Crippen LogP contribution in [0, 0.1) is 0 Å². The molecule has 0 saturated heterocycles. The van der Waals surface area contributed by atoms with Crippen LogP contribution < -0.4 is 0 Å². The third kappa shape index (κ3) is 12.1. The van der Waals surface area contributed by atoms with Gasteiger partial charge in [0.15, 0.2) is 0 Å². The van der Waals surface area contributed by atoms with E-state index in [-0.39, 0.29) is 38.0 Å². The van der Waals surface area contributed by atoms with Crippen molar-refractivity contribution in [1.29, 1.82) is 0 Å². The quantitative estimate of drug-likeness (QED) is 0.201. The average Bonchev–Trinajstić information content (AvgIpc) is 1.00. The average molecular weight is 71.8 g/mol. The molecule has 22 valence electrons. The second-order valence-electron chi connectivity index (χ2n) is 0. The molecule has 0 aliphatic carbocycles. The van der Waals surface area contributed by atoms with Gasteiger partial charge in [-0.15, -0.1) is 0 Å². The third-order valence-electron chi connectivity index (χ3n) is 0. The van der Waals surface area contributed by atoms with Crippen molar-refractivity contribution in [2.75, 3.05) is 0 Å². The van der Waals surface area contributed by atoms with Gasteiger partial charge in [-0.2, -0.15) is 0 Å². The Morgan fingerprint density at radius 3 is 1.00 bits per heavy atom. The molecule has 0 aliphatic rings. The number of rotatable bonds is 0. The van der Waals surface area contributed by atoms with Crippen LogP contribution in [-0.2, 0) is 0 Å². The van der Waals surface area contributed by atoms with Crippen LogP contribution in [-0.4, -0.2) is 48.5 Å². The summed E-state index contributed by atoms with van der Waals surface area (Å²) in [5.74, 6) is 0. The van der Waals surface area contributed by atoms with Crippen LogP contribution in [0.4, 0.5) is 0 Å². The van der Waals surface area contributed by atoms with Gasteiger partial charge in [0.25, 0.3) is 0 Å². The molecule has 0 saturated carbocycles. The summed E-state index contributed by atoms with van der Waals surface area (Å²) < 4.78 is 0. The molecule has 0 radical (unpaired) electrons. The number of hydrogen-bond acceptors (Lipinski definition) is 2. The molecule has 0 aliphatic heterocycles. The first-order chi connectivity index (χ1) is 1.00. The van der Waals surface area contributed by atoms with Gasteiger partial charge in [0.2, 0.25) is 0 Å². The number of hydrogen-bond donors (Lipinski definition) is 2. The van der Waals surface area contributed by atoms with Crippen LogP contribution in [0.3, 0.4) is 0 Å². The second kappa shape index (κ2) is 36.6. The Bertz CT molecular complexity index is 6.00. The van der Waals surface area contributed by atoms with Gasteiger partial charge >= 0.3 is 29.6 Å². The standard InChI is InChI=1S/BH3.Na.H2O2.H/c;;1-2;/h1H3;;1-2H;. The molecule has 0 aromatic carbocycles. The molecule has 0 atom stereocenters. The van der Waals surface area contributed by atoms with E-state index in [0.717, 1.165) is 0 Å². The van der Waals surface area contributed by atoms with E-state index in [1.54, 1.807) is 0 Å². The summed E-state index contributed by atoms with van der Waals surface area (Å²) in [5, 5.41) is 12.0. The zero-order chi connectivity index (χ0) is 2.00. The van der Waals surface area contributed by atoms with Crippen molar-refractivity contribution in [3.8, 4) is 0 Å². The molecule has 4 heavy (non-hydrogen) atoms.